The number of ether oxygens (including phenoxy) is 1. The maximum Gasteiger partial charge on any atom is 0.261 e. The molecule has 1 aliphatic rings. The van der Waals surface area contributed by atoms with Crippen LogP contribution in [0.1, 0.15) is 30.9 Å². The normalized spacial score (nSPS) is 15.6. The summed E-state index contributed by atoms with van der Waals surface area (Å²) in [7, 11) is 0. The number of benzene rings is 2. The Balaban J connectivity index is 1.54. The van der Waals surface area contributed by atoms with E-state index in [1.807, 2.05) is 6.07 Å². The number of halogens is 1. The molecule has 0 aromatic heterocycles. The molecule has 0 aliphatic carbocycles. The van der Waals surface area contributed by atoms with Gasteiger partial charge in [0.05, 0.1) is 0 Å². The number of carbonyl (C=O) groups excluding carboxylic acids is 1. The molecular formula is C21H25ClN2O2. The van der Waals surface area contributed by atoms with E-state index < -0.39 is 6.10 Å². The largest absolute Gasteiger partial charge is 0.481 e. The Morgan fingerprint density at radius 1 is 1.12 bits per heavy atom. The Morgan fingerprint density at radius 3 is 2.46 bits per heavy atom. The molecule has 5 heteroatoms. The smallest absolute Gasteiger partial charge is 0.261 e. The number of carbonyl (C=O) groups is 1. The molecule has 1 aliphatic heterocycles. The van der Waals surface area contributed by atoms with Crippen LogP contribution in [0.5, 0.6) is 5.75 Å². The van der Waals surface area contributed by atoms with Gasteiger partial charge in [-0.25, -0.2) is 0 Å². The van der Waals surface area contributed by atoms with E-state index in [0.29, 0.717) is 17.3 Å². The summed E-state index contributed by atoms with van der Waals surface area (Å²) in [6.45, 7) is 5.53. The number of nitrogens with one attached hydrogen (secondary N) is 1. The van der Waals surface area contributed by atoms with Gasteiger partial charge in [0.2, 0.25) is 0 Å². The molecule has 0 bridgehead atoms. The number of likely N-dealkylation sites (tertiary alicyclic amines) is 1. The number of nitrogens with zero attached hydrogens (tertiary/aromatic N) is 1. The molecule has 1 saturated heterocycles. The van der Waals surface area contributed by atoms with Crippen LogP contribution in [0.25, 0.3) is 0 Å². The molecule has 2 aromatic rings. The lowest BCUT2D eigenvalue weighted by molar-refractivity contribution is -0.127. The van der Waals surface area contributed by atoms with Crippen molar-refractivity contribution in [1.29, 1.82) is 0 Å². The van der Waals surface area contributed by atoms with Crippen LogP contribution in [0.15, 0.2) is 48.5 Å². The fourth-order valence-corrected chi connectivity index (χ4v) is 3.29. The third-order valence-electron chi connectivity index (χ3n) is 4.66. The highest BCUT2D eigenvalue weighted by Gasteiger charge is 2.16. The van der Waals surface area contributed by atoms with E-state index in [9.17, 15) is 4.79 Å². The Kier molecular flexibility index (Phi) is 6.53. The van der Waals surface area contributed by atoms with Crippen LogP contribution < -0.4 is 10.1 Å². The first kappa shape index (κ1) is 18.7. The first-order chi connectivity index (χ1) is 12.6. The van der Waals surface area contributed by atoms with Crippen LogP contribution in [0, 0.1) is 0 Å². The minimum atomic E-state index is -0.568. The Labute approximate surface area is 160 Å². The third kappa shape index (κ3) is 5.23. The summed E-state index contributed by atoms with van der Waals surface area (Å²) in [4.78, 5) is 14.8. The molecule has 4 nitrogen and oxygen atoms in total. The first-order valence-electron chi connectivity index (χ1n) is 9.11. The summed E-state index contributed by atoms with van der Waals surface area (Å²) in [5.74, 6) is 0.502. The number of rotatable bonds is 7. The lowest BCUT2D eigenvalue weighted by Crippen LogP contribution is -2.36. The lowest BCUT2D eigenvalue weighted by atomic mass is 10.1. The Morgan fingerprint density at radius 2 is 1.77 bits per heavy atom. The standard InChI is InChI=1S/C21H25ClN2O2/c1-16(26-20-10-8-19(22)9-11-20)21(25)23-14-17-6-2-3-7-18(17)15-24-12-4-5-13-24/h2-3,6-11,16H,4-5,12-15H2,1H3,(H,23,25). The second-order valence-corrected chi connectivity index (χ2v) is 7.12. The van der Waals surface area contributed by atoms with E-state index in [2.05, 4.69) is 28.4 Å². The van der Waals surface area contributed by atoms with Crippen molar-refractivity contribution in [3.63, 3.8) is 0 Å². The molecule has 0 spiro atoms. The molecule has 1 heterocycles. The van der Waals surface area contributed by atoms with Gasteiger partial charge in [-0.05, 0) is 68.2 Å². The molecule has 0 saturated carbocycles. The monoisotopic (exact) mass is 372 g/mol. The molecule has 26 heavy (non-hydrogen) atoms. The van der Waals surface area contributed by atoms with E-state index in [4.69, 9.17) is 16.3 Å². The van der Waals surface area contributed by atoms with Crippen molar-refractivity contribution in [1.82, 2.24) is 10.2 Å². The SMILES string of the molecule is CC(Oc1ccc(Cl)cc1)C(=O)NCc1ccccc1CN1CCCC1. The number of hydrogen-bond donors (Lipinski definition) is 1. The minimum Gasteiger partial charge on any atom is -0.481 e. The molecule has 1 amide bonds. The van der Waals surface area contributed by atoms with Crippen molar-refractivity contribution in [2.45, 2.75) is 39.0 Å². The quantitative estimate of drug-likeness (QED) is 0.798. The molecule has 0 radical (unpaired) electrons. The van der Waals surface area contributed by atoms with Crippen molar-refractivity contribution in [3.05, 3.63) is 64.7 Å². The van der Waals surface area contributed by atoms with Crippen LogP contribution in [-0.2, 0) is 17.9 Å². The van der Waals surface area contributed by atoms with E-state index in [1.165, 1.54) is 18.4 Å². The molecule has 1 atom stereocenters. The highest BCUT2D eigenvalue weighted by atomic mass is 35.5. The fraction of sp³-hybridized carbons (Fsp3) is 0.381. The molecular weight excluding hydrogens is 348 g/mol. The van der Waals surface area contributed by atoms with Gasteiger partial charge in [0.25, 0.3) is 5.91 Å². The first-order valence-corrected chi connectivity index (χ1v) is 9.48. The van der Waals surface area contributed by atoms with Crippen LogP contribution >= 0.6 is 11.6 Å². The van der Waals surface area contributed by atoms with Crippen molar-refractivity contribution in [2.75, 3.05) is 13.1 Å². The van der Waals surface area contributed by atoms with Gasteiger partial charge in [0, 0.05) is 18.1 Å². The molecule has 1 unspecified atom stereocenters. The average Bonchev–Trinajstić information content (AvgIpc) is 3.15. The van der Waals surface area contributed by atoms with Gasteiger partial charge < -0.3 is 10.1 Å². The molecule has 2 aromatic carbocycles. The second-order valence-electron chi connectivity index (χ2n) is 6.68. The van der Waals surface area contributed by atoms with E-state index in [-0.39, 0.29) is 5.91 Å². The zero-order valence-corrected chi connectivity index (χ0v) is 15.8. The highest BCUT2D eigenvalue weighted by Crippen LogP contribution is 2.18. The van der Waals surface area contributed by atoms with Crippen LogP contribution in [0.4, 0.5) is 0 Å². The van der Waals surface area contributed by atoms with E-state index >= 15 is 0 Å². The van der Waals surface area contributed by atoms with Gasteiger partial charge in [-0.3, -0.25) is 9.69 Å². The Hall–Kier alpha value is -2.04. The maximum absolute atomic E-state index is 12.4. The summed E-state index contributed by atoms with van der Waals surface area (Å²) < 4.78 is 5.68. The summed E-state index contributed by atoms with van der Waals surface area (Å²) in [5, 5.41) is 3.63. The van der Waals surface area contributed by atoms with Gasteiger partial charge in [0.15, 0.2) is 6.10 Å². The van der Waals surface area contributed by atoms with Gasteiger partial charge in [-0.1, -0.05) is 35.9 Å². The molecule has 1 fully saturated rings. The summed E-state index contributed by atoms with van der Waals surface area (Å²) in [6, 6.07) is 15.3. The van der Waals surface area contributed by atoms with Crippen molar-refractivity contribution in [3.8, 4) is 5.75 Å². The van der Waals surface area contributed by atoms with E-state index in [0.717, 1.165) is 25.2 Å². The van der Waals surface area contributed by atoms with Crippen molar-refractivity contribution < 1.29 is 9.53 Å². The van der Waals surface area contributed by atoms with Gasteiger partial charge in [0.1, 0.15) is 5.75 Å². The Bertz CT molecular complexity index is 727. The second kappa shape index (κ2) is 9.06. The van der Waals surface area contributed by atoms with E-state index in [1.54, 1.807) is 31.2 Å². The number of hydrogen-bond acceptors (Lipinski definition) is 3. The van der Waals surface area contributed by atoms with Crippen LogP contribution in [-0.4, -0.2) is 30.0 Å². The lowest BCUT2D eigenvalue weighted by Gasteiger charge is -2.19. The van der Waals surface area contributed by atoms with Crippen LogP contribution in [0.2, 0.25) is 5.02 Å². The molecule has 138 valence electrons. The fourth-order valence-electron chi connectivity index (χ4n) is 3.16. The van der Waals surface area contributed by atoms with Gasteiger partial charge in [-0.15, -0.1) is 0 Å². The predicted molar refractivity (Wildman–Crippen MR) is 104 cm³/mol. The predicted octanol–water partition coefficient (Wildman–Crippen LogP) is 4.02. The summed E-state index contributed by atoms with van der Waals surface area (Å²) >= 11 is 5.87. The molecule has 3 rings (SSSR count). The summed E-state index contributed by atoms with van der Waals surface area (Å²) in [5.41, 5.74) is 2.44. The molecule has 1 N–H and O–H groups in total. The average molecular weight is 373 g/mol. The highest BCUT2D eigenvalue weighted by molar-refractivity contribution is 6.30. The van der Waals surface area contributed by atoms with Gasteiger partial charge >= 0.3 is 0 Å². The zero-order chi connectivity index (χ0) is 18.4. The topological polar surface area (TPSA) is 41.6 Å². The minimum absolute atomic E-state index is 0.129. The zero-order valence-electron chi connectivity index (χ0n) is 15.1. The summed E-state index contributed by atoms with van der Waals surface area (Å²) in [6.07, 6.45) is 1.98. The maximum atomic E-state index is 12.4. The number of amides is 1. The van der Waals surface area contributed by atoms with Crippen LogP contribution in [0.3, 0.4) is 0 Å². The van der Waals surface area contributed by atoms with Crippen molar-refractivity contribution >= 4 is 17.5 Å². The van der Waals surface area contributed by atoms with Gasteiger partial charge in [-0.2, -0.15) is 0 Å². The third-order valence-corrected chi connectivity index (χ3v) is 4.91. The van der Waals surface area contributed by atoms with Crippen molar-refractivity contribution in [2.24, 2.45) is 0 Å².